The summed E-state index contributed by atoms with van der Waals surface area (Å²) in [6.07, 6.45) is 7.19. The number of pyridine rings is 1. The number of carbonyl (C=O) groups is 1. The lowest BCUT2D eigenvalue weighted by molar-refractivity contribution is 0.0613. The molecule has 0 N–H and O–H groups in total. The molecule has 2 aromatic rings. The SMILES string of the molecule is COc1cc(C(=O)N(Cc2ccc(Cl)nc2)C2CCCCC2)cc(OC)c1OC. The molecule has 1 amide bonds. The Kier molecular flexibility index (Phi) is 7.20. The minimum Gasteiger partial charge on any atom is -0.493 e. The molecular formula is C22H27ClN2O4. The summed E-state index contributed by atoms with van der Waals surface area (Å²) >= 11 is 5.92. The Morgan fingerprint density at radius 1 is 1.07 bits per heavy atom. The van der Waals surface area contributed by atoms with Crippen LogP contribution in [0.1, 0.15) is 48.0 Å². The van der Waals surface area contributed by atoms with Crippen LogP contribution in [-0.4, -0.2) is 43.2 Å². The molecule has 1 saturated carbocycles. The number of hydrogen-bond acceptors (Lipinski definition) is 5. The first-order valence-corrected chi connectivity index (χ1v) is 10.2. The standard InChI is InChI=1S/C22H27ClN2O4/c1-27-18-11-16(12-19(28-2)21(18)29-3)22(26)25(17-7-5-4-6-8-17)14-15-9-10-20(23)24-13-15/h9-13,17H,4-8,14H2,1-3H3. The summed E-state index contributed by atoms with van der Waals surface area (Å²) in [7, 11) is 4.64. The molecule has 7 heteroatoms. The molecule has 1 aromatic carbocycles. The fraction of sp³-hybridized carbons (Fsp3) is 0.455. The molecule has 0 radical (unpaired) electrons. The van der Waals surface area contributed by atoms with E-state index in [-0.39, 0.29) is 11.9 Å². The van der Waals surface area contributed by atoms with Gasteiger partial charge in [-0.25, -0.2) is 4.98 Å². The van der Waals surface area contributed by atoms with Crippen LogP contribution >= 0.6 is 11.6 Å². The van der Waals surface area contributed by atoms with E-state index in [0.29, 0.717) is 34.5 Å². The minimum absolute atomic E-state index is 0.0638. The van der Waals surface area contributed by atoms with Gasteiger partial charge in [-0.2, -0.15) is 0 Å². The van der Waals surface area contributed by atoms with E-state index in [4.69, 9.17) is 25.8 Å². The van der Waals surface area contributed by atoms with Gasteiger partial charge in [-0.1, -0.05) is 36.9 Å². The maximum Gasteiger partial charge on any atom is 0.254 e. The molecule has 0 aliphatic heterocycles. The van der Waals surface area contributed by atoms with Gasteiger partial charge in [-0.15, -0.1) is 0 Å². The third kappa shape index (κ3) is 4.93. The van der Waals surface area contributed by atoms with Gasteiger partial charge in [0.15, 0.2) is 11.5 Å². The van der Waals surface area contributed by atoms with E-state index in [0.717, 1.165) is 31.2 Å². The van der Waals surface area contributed by atoms with Gasteiger partial charge in [0.05, 0.1) is 21.3 Å². The molecule has 156 valence electrons. The average molecular weight is 419 g/mol. The van der Waals surface area contributed by atoms with E-state index in [1.54, 1.807) is 45.7 Å². The number of methoxy groups -OCH3 is 3. The highest BCUT2D eigenvalue weighted by Crippen LogP contribution is 2.39. The molecule has 1 fully saturated rings. The molecule has 1 heterocycles. The van der Waals surface area contributed by atoms with Gasteiger partial charge in [0.1, 0.15) is 5.15 Å². The Hall–Kier alpha value is -2.47. The van der Waals surface area contributed by atoms with E-state index >= 15 is 0 Å². The van der Waals surface area contributed by atoms with E-state index < -0.39 is 0 Å². The Labute approximate surface area is 176 Å². The van der Waals surface area contributed by atoms with Crippen LogP contribution in [0, 0.1) is 0 Å². The van der Waals surface area contributed by atoms with Gasteiger partial charge < -0.3 is 19.1 Å². The maximum absolute atomic E-state index is 13.6. The van der Waals surface area contributed by atoms with Crippen molar-refractivity contribution in [2.45, 2.75) is 44.7 Å². The van der Waals surface area contributed by atoms with E-state index in [9.17, 15) is 4.79 Å². The summed E-state index contributed by atoms with van der Waals surface area (Å²) in [6, 6.07) is 7.26. The summed E-state index contributed by atoms with van der Waals surface area (Å²) in [5.74, 6) is 1.34. The first kappa shape index (κ1) is 21.2. The number of rotatable bonds is 7. The fourth-order valence-corrected chi connectivity index (χ4v) is 3.94. The number of amides is 1. The van der Waals surface area contributed by atoms with Crippen molar-refractivity contribution in [3.05, 3.63) is 46.7 Å². The van der Waals surface area contributed by atoms with Crippen LogP contribution in [0.3, 0.4) is 0 Å². The van der Waals surface area contributed by atoms with Gasteiger partial charge in [-0.3, -0.25) is 4.79 Å². The molecule has 1 aliphatic rings. The van der Waals surface area contributed by atoms with Crippen LogP contribution < -0.4 is 14.2 Å². The van der Waals surface area contributed by atoms with Gasteiger partial charge in [0, 0.05) is 24.3 Å². The number of hydrogen-bond donors (Lipinski definition) is 0. The zero-order valence-electron chi connectivity index (χ0n) is 17.1. The predicted octanol–water partition coefficient (Wildman–Crippen LogP) is 4.74. The second kappa shape index (κ2) is 9.83. The van der Waals surface area contributed by atoms with E-state index in [1.807, 2.05) is 11.0 Å². The lowest BCUT2D eigenvalue weighted by Crippen LogP contribution is -2.41. The van der Waals surface area contributed by atoms with Gasteiger partial charge >= 0.3 is 0 Å². The van der Waals surface area contributed by atoms with Crippen molar-refractivity contribution in [3.63, 3.8) is 0 Å². The molecule has 0 atom stereocenters. The second-order valence-electron chi connectivity index (χ2n) is 7.13. The lowest BCUT2D eigenvalue weighted by Gasteiger charge is -2.34. The van der Waals surface area contributed by atoms with Crippen molar-refractivity contribution in [2.75, 3.05) is 21.3 Å². The summed E-state index contributed by atoms with van der Waals surface area (Å²) < 4.78 is 16.2. The van der Waals surface area contributed by atoms with Gasteiger partial charge in [-0.05, 0) is 36.6 Å². The second-order valence-corrected chi connectivity index (χ2v) is 7.52. The van der Waals surface area contributed by atoms with Crippen LogP contribution in [0.25, 0.3) is 0 Å². The van der Waals surface area contributed by atoms with Gasteiger partial charge in [0.2, 0.25) is 5.75 Å². The summed E-state index contributed by atoms with van der Waals surface area (Å²) in [5.41, 5.74) is 1.45. The zero-order valence-corrected chi connectivity index (χ0v) is 17.9. The predicted molar refractivity (Wildman–Crippen MR) is 112 cm³/mol. The van der Waals surface area contributed by atoms with Crippen molar-refractivity contribution < 1.29 is 19.0 Å². The molecule has 1 aromatic heterocycles. The topological polar surface area (TPSA) is 60.9 Å². The van der Waals surface area contributed by atoms with Crippen molar-refractivity contribution in [3.8, 4) is 17.2 Å². The summed E-state index contributed by atoms with van der Waals surface area (Å²) in [4.78, 5) is 19.7. The number of nitrogens with zero attached hydrogens (tertiary/aromatic N) is 2. The molecule has 29 heavy (non-hydrogen) atoms. The van der Waals surface area contributed by atoms with E-state index in [1.165, 1.54) is 6.42 Å². The largest absolute Gasteiger partial charge is 0.493 e. The first-order chi connectivity index (χ1) is 14.1. The lowest BCUT2D eigenvalue weighted by atomic mass is 9.93. The minimum atomic E-state index is -0.0638. The molecule has 0 saturated heterocycles. The molecular weight excluding hydrogens is 392 g/mol. The van der Waals surface area contributed by atoms with Crippen LogP contribution in [0.4, 0.5) is 0 Å². The average Bonchev–Trinajstić information content (AvgIpc) is 2.77. The smallest absolute Gasteiger partial charge is 0.254 e. The Morgan fingerprint density at radius 3 is 2.24 bits per heavy atom. The van der Waals surface area contributed by atoms with Gasteiger partial charge in [0.25, 0.3) is 5.91 Å². The molecule has 1 aliphatic carbocycles. The molecule has 0 bridgehead atoms. The highest BCUT2D eigenvalue weighted by molar-refractivity contribution is 6.29. The fourth-order valence-electron chi connectivity index (χ4n) is 3.83. The Bertz CT molecular complexity index is 810. The third-order valence-corrected chi connectivity index (χ3v) is 5.55. The number of benzene rings is 1. The van der Waals surface area contributed by atoms with E-state index in [2.05, 4.69) is 4.98 Å². The highest BCUT2D eigenvalue weighted by atomic mass is 35.5. The molecule has 0 unspecified atom stereocenters. The number of carbonyl (C=O) groups excluding carboxylic acids is 1. The first-order valence-electron chi connectivity index (χ1n) is 9.78. The molecule has 3 rings (SSSR count). The van der Waals surface area contributed by atoms with Crippen LogP contribution in [0.5, 0.6) is 17.2 Å². The van der Waals surface area contributed by atoms with Crippen LogP contribution in [0.2, 0.25) is 5.15 Å². The monoisotopic (exact) mass is 418 g/mol. The number of ether oxygens (including phenoxy) is 3. The number of halogens is 1. The Morgan fingerprint density at radius 2 is 1.72 bits per heavy atom. The van der Waals surface area contributed by atoms with Crippen molar-refractivity contribution in [1.82, 2.24) is 9.88 Å². The maximum atomic E-state index is 13.6. The number of aromatic nitrogens is 1. The van der Waals surface area contributed by atoms with Crippen molar-refractivity contribution >= 4 is 17.5 Å². The summed E-state index contributed by atoms with van der Waals surface area (Å²) in [6.45, 7) is 0.477. The highest BCUT2D eigenvalue weighted by Gasteiger charge is 2.28. The summed E-state index contributed by atoms with van der Waals surface area (Å²) in [5, 5.41) is 0.439. The quantitative estimate of drug-likeness (QED) is 0.608. The van der Waals surface area contributed by atoms with Crippen molar-refractivity contribution in [1.29, 1.82) is 0 Å². The van der Waals surface area contributed by atoms with Crippen molar-refractivity contribution in [2.24, 2.45) is 0 Å². The normalized spacial score (nSPS) is 14.3. The molecule has 0 spiro atoms. The Balaban J connectivity index is 1.96. The third-order valence-electron chi connectivity index (χ3n) is 5.33. The van der Waals surface area contributed by atoms with Crippen LogP contribution in [0.15, 0.2) is 30.5 Å². The molecule has 6 nitrogen and oxygen atoms in total. The zero-order chi connectivity index (χ0) is 20.8. The van der Waals surface area contributed by atoms with Crippen LogP contribution in [-0.2, 0) is 6.54 Å².